The number of carbonyl (C=O) groups excluding carboxylic acids is 1. The van der Waals surface area contributed by atoms with Gasteiger partial charge in [-0.2, -0.15) is 10.4 Å². The second-order valence-corrected chi connectivity index (χ2v) is 7.88. The van der Waals surface area contributed by atoms with Crippen LogP contribution in [-0.4, -0.2) is 46.4 Å². The molecule has 4 rings (SSSR count). The Kier molecular flexibility index (Phi) is 4.98. The van der Waals surface area contributed by atoms with Gasteiger partial charge in [0.05, 0.1) is 24.1 Å². The molecule has 1 saturated heterocycles. The Morgan fingerprint density at radius 1 is 1.33 bits per heavy atom. The summed E-state index contributed by atoms with van der Waals surface area (Å²) in [4.78, 5) is 13.8. The maximum Gasteiger partial charge on any atom is 0.409 e. The molecule has 1 amide bonds. The molecule has 1 fully saturated rings. The number of aryl methyl sites for hydroxylation is 2. The molecule has 2 aliphatic heterocycles. The zero-order valence-electron chi connectivity index (χ0n) is 17.4. The van der Waals surface area contributed by atoms with Crippen molar-refractivity contribution in [2.75, 3.05) is 19.7 Å². The highest BCUT2D eigenvalue weighted by Crippen LogP contribution is 2.51. The molecular weight excluding hydrogens is 382 g/mol. The summed E-state index contributed by atoms with van der Waals surface area (Å²) >= 11 is 0. The number of benzene rings is 1. The van der Waals surface area contributed by atoms with Crippen LogP contribution in [0, 0.1) is 36.5 Å². The predicted octanol–water partition coefficient (Wildman–Crippen LogP) is 3.49. The number of ether oxygens (including phenoxy) is 2. The monoisotopic (exact) mass is 407 g/mol. The van der Waals surface area contributed by atoms with E-state index in [0.29, 0.717) is 38.4 Å². The van der Waals surface area contributed by atoms with Crippen LogP contribution in [-0.2, 0) is 10.2 Å². The highest BCUT2D eigenvalue weighted by atomic mass is 16.6. The van der Waals surface area contributed by atoms with Crippen LogP contribution in [0.5, 0.6) is 5.88 Å². The van der Waals surface area contributed by atoms with Gasteiger partial charge in [0.2, 0.25) is 11.8 Å². The van der Waals surface area contributed by atoms with Crippen LogP contribution >= 0.6 is 0 Å². The van der Waals surface area contributed by atoms with Crippen molar-refractivity contribution in [2.24, 2.45) is 5.92 Å². The molecule has 0 aliphatic carbocycles. The average Bonchev–Trinajstić information content (AvgIpc) is 3.06. The van der Waals surface area contributed by atoms with E-state index in [9.17, 15) is 10.1 Å². The predicted molar refractivity (Wildman–Crippen MR) is 110 cm³/mol. The Bertz CT molecular complexity index is 1030. The van der Waals surface area contributed by atoms with Gasteiger partial charge in [0, 0.05) is 24.1 Å². The smallest absolute Gasteiger partial charge is 0.409 e. The van der Waals surface area contributed by atoms with Crippen LogP contribution in [0.4, 0.5) is 4.79 Å². The van der Waals surface area contributed by atoms with E-state index < -0.39 is 11.3 Å². The molecule has 1 N–H and O–H groups in total. The lowest BCUT2D eigenvalue weighted by Gasteiger charge is -2.45. The number of piperidine rings is 1. The van der Waals surface area contributed by atoms with Gasteiger partial charge < -0.3 is 14.4 Å². The van der Waals surface area contributed by atoms with Gasteiger partial charge in [-0.25, -0.2) is 9.48 Å². The molecule has 1 aromatic heterocycles. The van der Waals surface area contributed by atoms with Gasteiger partial charge in [0.25, 0.3) is 0 Å². The highest BCUT2D eigenvalue weighted by molar-refractivity contribution is 5.85. The van der Waals surface area contributed by atoms with Crippen molar-refractivity contribution in [3.8, 4) is 17.6 Å². The maximum atomic E-state index is 12.2. The summed E-state index contributed by atoms with van der Waals surface area (Å²) in [6, 6.07) is 10.2. The first-order valence-corrected chi connectivity index (χ1v) is 10.2. The van der Waals surface area contributed by atoms with E-state index in [1.165, 1.54) is 0 Å². The summed E-state index contributed by atoms with van der Waals surface area (Å²) in [7, 11) is 0. The quantitative estimate of drug-likeness (QED) is 0.821. The fourth-order valence-corrected chi connectivity index (χ4v) is 4.62. The minimum absolute atomic E-state index is 0.0668. The fraction of sp³-hybridized carbons (Fsp3) is 0.455. The molecule has 8 nitrogen and oxygen atoms in total. The van der Waals surface area contributed by atoms with Gasteiger partial charge in [-0.05, 0) is 45.7 Å². The Hall–Kier alpha value is -3.34. The largest absolute Gasteiger partial charge is 0.450 e. The third-order valence-electron chi connectivity index (χ3n) is 6.13. The molecule has 8 heteroatoms. The van der Waals surface area contributed by atoms with Crippen LogP contribution < -0.4 is 4.74 Å². The number of fused-ring (bicyclic) bond motifs is 2. The van der Waals surface area contributed by atoms with Crippen LogP contribution in [0.25, 0.3) is 5.69 Å². The van der Waals surface area contributed by atoms with E-state index in [1.54, 1.807) is 16.5 Å². The summed E-state index contributed by atoms with van der Waals surface area (Å²) in [5, 5.41) is 23.1. The van der Waals surface area contributed by atoms with Gasteiger partial charge in [0.15, 0.2) is 0 Å². The van der Waals surface area contributed by atoms with Gasteiger partial charge in [0.1, 0.15) is 5.92 Å². The third kappa shape index (κ3) is 3.02. The third-order valence-corrected chi connectivity index (χ3v) is 6.13. The van der Waals surface area contributed by atoms with Crippen LogP contribution in [0.2, 0.25) is 0 Å². The molecule has 1 aromatic carbocycles. The van der Waals surface area contributed by atoms with Crippen molar-refractivity contribution < 1.29 is 14.3 Å². The Balaban J connectivity index is 1.78. The number of aromatic nitrogens is 2. The van der Waals surface area contributed by atoms with Crippen molar-refractivity contribution in [3.05, 3.63) is 41.1 Å². The molecule has 2 aromatic rings. The van der Waals surface area contributed by atoms with Crippen LogP contribution in [0.3, 0.4) is 0 Å². The first kappa shape index (κ1) is 20.0. The minimum Gasteiger partial charge on any atom is -0.450 e. The van der Waals surface area contributed by atoms with Gasteiger partial charge in [-0.3, -0.25) is 5.41 Å². The second kappa shape index (κ2) is 7.48. The van der Waals surface area contributed by atoms with E-state index in [0.717, 1.165) is 22.5 Å². The van der Waals surface area contributed by atoms with Crippen molar-refractivity contribution in [1.82, 2.24) is 14.7 Å². The van der Waals surface area contributed by atoms with Crippen molar-refractivity contribution in [2.45, 2.75) is 39.0 Å². The SMILES string of the molecule is CCOC(=O)N1CCC2(CC1)c1c(C)nn(-c3ccc(C)cc3)c1OC(=N)C2C#N. The molecule has 0 radical (unpaired) electrons. The topological polar surface area (TPSA) is 104 Å². The van der Waals surface area contributed by atoms with E-state index in [4.69, 9.17) is 20.0 Å². The fourth-order valence-electron chi connectivity index (χ4n) is 4.62. The van der Waals surface area contributed by atoms with E-state index in [1.807, 2.05) is 38.1 Å². The number of hydrogen-bond donors (Lipinski definition) is 1. The Labute approximate surface area is 175 Å². The van der Waals surface area contributed by atoms with Crippen molar-refractivity contribution in [1.29, 1.82) is 10.7 Å². The summed E-state index contributed by atoms with van der Waals surface area (Å²) < 4.78 is 12.7. The molecule has 1 unspecified atom stereocenters. The summed E-state index contributed by atoms with van der Waals surface area (Å²) in [5.74, 6) is -0.288. The van der Waals surface area contributed by atoms with E-state index >= 15 is 0 Å². The molecule has 3 heterocycles. The van der Waals surface area contributed by atoms with Crippen molar-refractivity contribution in [3.63, 3.8) is 0 Å². The molecule has 2 aliphatic rings. The van der Waals surface area contributed by atoms with Gasteiger partial charge in [-0.15, -0.1) is 0 Å². The number of nitrogens with zero attached hydrogens (tertiary/aromatic N) is 4. The second-order valence-electron chi connectivity index (χ2n) is 7.88. The zero-order chi connectivity index (χ0) is 21.5. The summed E-state index contributed by atoms with van der Waals surface area (Å²) in [6.07, 6.45) is 0.752. The molecule has 1 atom stereocenters. The number of carbonyl (C=O) groups is 1. The lowest BCUT2D eigenvalue weighted by Crippen LogP contribution is -2.53. The number of rotatable bonds is 2. The number of hydrogen-bond acceptors (Lipinski definition) is 6. The Morgan fingerprint density at radius 3 is 2.60 bits per heavy atom. The number of likely N-dealkylation sites (tertiary alicyclic amines) is 1. The maximum absolute atomic E-state index is 12.2. The van der Waals surface area contributed by atoms with Crippen LogP contribution in [0.1, 0.15) is 36.6 Å². The van der Waals surface area contributed by atoms with E-state index in [2.05, 4.69) is 6.07 Å². The number of nitriles is 1. The first-order valence-electron chi connectivity index (χ1n) is 10.2. The van der Waals surface area contributed by atoms with E-state index in [-0.39, 0.29) is 12.0 Å². The lowest BCUT2D eigenvalue weighted by atomic mass is 9.63. The Morgan fingerprint density at radius 2 is 2.00 bits per heavy atom. The molecule has 0 saturated carbocycles. The molecular formula is C22H25N5O3. The normalized spacial score (nSPS) is 19.7. The van der Waals surface area contributed by atoms with Gasteiger partial charge >= 0.3 is 6.09 Å². The average molecular weight is 407 g/mol. The van der Waals surface area contributed by atoms with Crippen LogP contribution in [0.15, 0.2) is 24.3 Å². The number of nitrogens with one attached hydrogen (secondary N) is 1. The summed E-state index contributed by atoms with van der Waals surface area (Å²) in [5.41, 5.74) is 3.01. The lowest BCUT2D eigenvalue weighted by molar-refractivity contribution is 0.0803. The molecule has 156 valence electrons. The minimum atomic E-state index is -0.719. The zero-order valence-corrected chi connectivity index (χ0v) is 17.4. The summed E-state index contributed by atoms with van der Waals surface area (Å²) in [6.45, 7) is 6.95. The number of amides is 1. The first-order chi connectivity index (χ1) is 14.4. The standard InChI is InChI=1S/C22H25N5O3/c1-4-29-21(28)26-11-9-22(10-12-26)17(13-23)19(24)30-20-18(22)15(3)25-27(20)16-7-5-14(2)6-8-16/h5-8,17,24H,4,9-12H2,1-3H3. The van der Waals surface area contributed by atoms with Crippen molar-refractivity contribution >= 4 is 12.0 Å². The molecule has 30 heavy (non-hydrogen) atoms. The molecule has 0 bridgehead atoms. The molecule has 1 spiro atoms. The highest BCUT2D eigenvalue weighted by Gasteiger charge is 2.53. The van der Waals surface area contributed by atoms with Gasteiger partial charge in [-0.1, -0.05) is 17.7 Å².